The normalized spacial score (nSPS) is 31.3. The highest BCUT2D eigenvalue weighted by atomic mass is 16.3. The number of hydrogen-bond donors (Lipinski definition) is 1. The summed E-state index contributed by atoms with van der Waals surface area (Å²) in [4.78, 5) is 0. The minimum absolute atomic E-state index is 0.110. The first-order valence-corrected chi connectivity index (χ1v) is 4.38. The van der Waals surface area contributed by atoms with E-state index in [2.05, 4.69) is 6.07 Å². The molecule has 68 valence electrons. The highest BCUT2D eigenvalue weighted by Crippen LogP contribution is 2.53. The van der Waals surface area contributed by atoms with E-state index in [0.29, 0.717) is 0 Å². The number of aliphatic hydroxyl groups excluding tert-OH is 1. The predicted molar refractivity (Wildman–Crippen MR) is 47.9 cm³/mol. The van der Waals surface area contributed by atoms with Crippen molar-refractivity contribution in [2.75, 3.05) is 6.61 Å². The highest BCUT2D eigenvalue weighted by molar-refractivity contribution is 5.38. The summed E-state index contributed by atoms with van der Waals surface area (Å²) < 4.78 is 1.96. The molecule has 1 fully saturated rings. The van der Waals surface area contributed by atoms with Crippen LogP contribution in [0, 0.1) is 17.2 Å². The van der Waals surface area contributed by atoms with Gasteiger partial charge in [0.1, 0.15) is 5.41 Å². The van der Waals surface area contributed by atoms with Gasteiger partial charge >= 0.3 is 0 Å². The molecule has 13 heavy (non-hydrogen) atoms. The third-order valence-corrected chi connectivity index (χ3v) is 2.93. The molecular weight excluding hydrogens is 164 g/mol. The van der Waals surface area contributed by atoms with Gasteiger partial charge in [-0.15, -0.1) is 0 Å². The molecule has 0 aromatic carbocycles. The van der Waals surface area contributed by atoms with Gasteiger partial charge in [0.05, 0.1) is 6.07 Å². The van der Waals surface area contributed by atoms with Crippen molar-refractivity contribution >= 4 is 0 Å². The Morgan fingerprint density at radius 3 is 3.00 bits per heavy atom. The van der Waals surface area contributed by atoms with E-state index in [0.717, 1.165) is 12.1 Å². The van der Waals surface area contributed by atoms with Gasteiger partial charge in [-0.25, -0.2) is 0 Å². The van der Waals surface area contributed by atoms with E-state index in [4.69, 9.17) is 10.4 Å². The maximum atomic E-state index is 9.08. The first kappa shape index (κ1) is 8.33. The van der Waals surface area contributed by atoms with E-state index >= 15 is 0 Å². The second-order valence-electron chi connectivity index (χ2n) is 3.67. The summed E-state index contributed by atoms with van der Waals surface area (Å²) in [6.07, 6.45) is 2.72. The van der Waals surface area contributed by atoms with E-state index in [1.807, 2.05) is 29.9 Å². The van der Waals surface area contributed by atoms with Gasteiger partial charge in [0.2, 0.25) is 0 Å². The molecule has 1 aliphatic rings. The minimum atomic E-state index is -0.410. The lowest BCUT2D eigenvalue weighted by molar-refractivity contribution is 0.268. The Hall–Kier alpha value is -1.27. The van der Waals surface area contributed by atoms with Gasteiger partial charge in [-0.1, -0.05) is 0 Å². The van der Waals surface area contributed by atoms with Gasteiger partial charge in [0.15, 0.2) is 0 Å². The largest absolute Gasteiger partial charge is 0.396 e. The zero-order valence-electron chi connectivity index (χ0n) is 7.57. The molecule has 0 bridgehead atoms. The van der Waals surface area contributed by atoms with Crippen LogP contribution in [0.2, 0.25) is 0 Å². The molecule has 0 radical (unpaired) electrons. The zero-order chi connectivity index (χ0) is 9.47. The summed E-state index contributed by atoms with van der Waals surface area (Å²) in [5, 5.41) is 18.1. The molecule has 1 aromatic rings. The van der Waals surface area contributed by atoms with E-state index < -0.39 is 5.41 Å². The molecule has 1 N–H and O–H groups in total. The minimum Gasteiger partial charge on any atom is -0.396 e. The summed E-state index contributed by atoms with van der Waals surface area (Å²) in [5.74, 6) is 0.131. The Bertz CT molecular complexity index is 363. The van der Waals surface area contributed by atoms with Crippen LogP contribution in [0.4, 0.5) is 0 Å². The smallest absolute Gasteiger partial charge is 0.103 e. The summed E-state index contributed by atoms with van der Waals surface area (Å²) in [5.41, 5.74) is 0.613. The third kappa shape index (κ3) is 0.991. The third-order valence-electron chi connectivity index (χ3n) is 2.93. The predicted octanol–water partition coefficient (Wildman–Crippen LogP) is 0.799. The van der Waals surface area contributed by atoms with E-state index in [-0.39, 0.29) is 12.5 Å². The molecule has 0 amide bonds. The maximum Gasteiger partial charge on any atom is 0.103 e. The maximum absolute atomic E-state index is 9.08. The molecule has 0 spiro atoms. The van der Waals surface area contributed by atoms with E-state index in [1.165, 1.54) is 0 Å². The molecule has 1 aromatic heterocycles. The Kier molecular flexibility index (Phi) is 1.67. The molecule has 3 nitrogen and oxygen atoms in total. The van der Waals surface area contributed by atoms with Gasteiger partial charge in [-0.3, -0.25) is 0 Å². The standard InChI is InChI=1S/C10H12N2O/c1-12-4-2-3-9(12)10(7-11)5-8(10)6-13/h2-4,8,13H,5-6H2,1H3/t8-,10-/m1/s1. The van der Waals surface area contributed by atoms with Crippen LogP contribution in [0.25, 0.3) is 0 Å². The lowest BCUT2D eigenvalue weighted by Gasteiger charge is -2.08. The Balaban J connectivity index is 2.37. The van der Waals surface area contributed by atoms with Crippen LogP contribution in [0.3, 0.4) is 0 Å². The SMILES string of the molecule is Cn1cccc1[C@@]1(C#N)C[C@@H]1CO. The van der Waals surface area contributed by atoms with Crippen molar-refractivity contribution < 1.29 is 5.11 Å². The topological polar surface area (TPSA) is 49.0 Å². The lowest BCUT2D eigenvalue weighted by atomic mass is 10.0. The summed E-state index contributed by atoms with van der Waals surface area (Å²) in [6.45, 7) is 0.110. The first-order chi connectivity index (χ1) is 6.24. The summed E-state index contributed by atoms with van der Waals surface area (Å²) in [7, 11) is 1.93. The molecule has 1 saturated carbocycles. The molecule has 1 heterocycles. The molecule has 0 saturated heterocycles. The van der Waals surface area contributed by atoms with Crippen molar-refractivity contribution in [2.45, 2.75) is 11.8 Å². The van der Waals surface area contributed by atoms with Crippen LogP contribution < -0.4 is 0 Å². The van der Waals surface area contributed by atoms with Gasteiger partial charge < -0.3 is 9.67 Å². The quantitative estimate of drug-likeness (QED) is 0.724. The fourth-order valence-corrected chi connectivity index (χ4v) is 1.98. The van der Waals surface area contributed by atoms with Gasteiger partial charge in [-0.05, 0) is 18.6 Å². The number of nitrogens with zero attached hydrogens (tertiary/aromatic N) is 2. The van der Waals surface area contributed by atoms with E-state index in [1.54, 1.807) is 0 Å². The summed E-state index contributed by atoms with van der Waals surface area (Å²) in [6, 6.07) is 6.20. The van der Waals surface area contributed by atoms with Crippen LogP contribution in [-0.2, 0) is 12.5 Å². The lowest BCUT2D eigenvalue weighted by Crippen LogP contribution is -2.13. The molecular formula is C10H12N2O. The number of aryl methyl sites for hydroxylation is 1. The number of aromatic nitrogens is 1. The van der Waals surface area contributed by atoms with Crippen molar-refractivity contribution in [3.8, 4) is 6.07 Å². The van der Waals surface area contributed by atoms with Crippen LogP contribution in [0.1, 0.15) is 12.1 Å². The van der Waals surface area contributed by atoms with Gasteiger partial charge in [-0.2, -0.15) is 5.26 Å². The van der Waals surface area contributed by atoms with Crippen molar-refractivity contribution in [1.29, 1.82) is 5.26 Å². The number of nitriles is 1. The fourth-order valence-electron chi connectivity index (χ4n) is 1.98. The van der Waals surface area contributed by atoms with E-state index in [9.17, 15) is 0 Å². The number of rotatable bonds is 2. The highest BCUT2D eigenvalue weighted by Gasteiger charge is 2.57. The second-order valence-corrected chi connectivity index (χ2v) is 3.67. The first-order valence-electron chi connectivity index (χ1n) is 4.38. The second kappa shape index (κ2) is 2.61. The van der Waals surface area contributed by atoms with Gasteiger partial charge in [0, 0.05) is 31.5 Å². The average Bonchev–Trinajstić information content (AvgIpc) is 2.73. The van der Waals surface area contributed by atoms with Crippen molar-refractivity contribution in [1.82, 2.24) is 4.57 Å². The van der Waals surface area contributed by atoms with Crippen LogP contribution in [0.5, 0.6) is 0 Å². The van der Waals surface area contributed by atoms with Gasteiger partial charge in [0.25, 0.3) is 0 Å². The molecule has 3 heteroatoms. The van der Waals surface area contributed by atoms with Crippen LogP contribution in [-0.4, -0.2) is 16.3 Å². The fraction of sp³-hybridized carbons (Fsp3) is 0.500. The molecule has 2 atom stereocenters. The molecule has 2 rings (SSSR count). The summed E-state index contributed by atoms with van der Waals surface area (Å²) >= 11 is 0. The zero-order valence-corrected chi connectivity index (χ0v) is 7.57. The molecule has 0 unspecified atom stereocenters. The monoisotopic (exact) mass is 176 g/mol. The van der Waals surface area contributed by atoms with Crippen molar-refractivity contribution in [3.63, 3.8) is 0 Å². The van der Waals surface area contributed by atoms with Crippen molar-refractivity contribution in [3.05, 3.63) is 24.0 Å². The van der Waals surface area contributed by atoms with Crippen LogP contribution in [0.15, 0.2) is 18.3 Å². The Morgan fingerprint density at radius 2 is 2.62 bits per heavy atom. The Morgan fingerprint density at radius 1 is 1.85 bits per heavy atom. The Labute approximate surface area is 77.2 Å². The average molecular weight is 176 g/mol. The number of hydrogen-bond acceptors (Lipinski definition) is 2. The van der Waals surface area contributed by atoms with Crippen molar-refractivity contribution in [2.24, 2.45) is 13.0 Å². The van der Waals surface area contributed by atoms with Crippen LogP contribution >= 0.6 is 0 Å². The molecule has 1 aliphatic carbocycles. The number of aliphatic hydroxyl groups is 1. The molecule has 0 aliphatic heterocycles.